The van der Waals surface area contributed by atoms with Gasteiger partial charge in [0.1, 0.15) is 5.75 Å². The van der Waals surface area contributed by atoms with Crippen molar-refractivity contribution in [1.82, 2.24) is 14.8 Å². The molecule has 33 heavy (non-hydrogen) atoms. The Kier molecular flexibility index (Phi) is 7.05. The van der Waals surface area contributed by atoms with Crippen molar-refractivity contribution in [3.05, 3.63) is 67.0 Å². The first-order valence-corrected chi connectivity index (χ1v) is 12.9. The van der Waals surface area contributed by atoms with Crippen LogP contribution in [-0.2, 0) is 21.2 Å². The third kappa shape index (κ3) is 5.58. The van der Waals surface area contributed by atoms with Crippen LogP contribution >= 0.6 is 11.3 Å². The van der Waals surface area contributed by atoms with Gasteiger partial charge in [-0.05, 0) is 48.9 Å². The van der Waals surface area contributed by atoms with E-state index in [4.69, 9.17) is 4.74 Å². The monoisotopic (exact) mass is 484 g/mol. The maximum atomic E-state index is 13.1. The largest absolute Gasteiger partial charge is 0.497 e. The molecule has 4 rings (SSSR count). The van der Waals surface area contributed by atoms with E-state index in [2.05, 4.69) is 10.1 Å². The van der Waals surface area contributed by atoms with Crippen LogP contribution < -0.4 is 9.64 Å². The number of benzene rings is 2. The molecule has 0 spiro atoms. The van der Waals surface area contributed by atoms with Crippen LogP contribution in [-0.4, -0.2) is 48.5 Å². The van der Waals surface area contributed by atoms with Crippen LogP contribution in [0.5, 0.6) is 5.75 Å². The van der Waals surface area contributed by atoms with Gasteiger partial charge in [0.05, 0.1) is 34.5 Å². The Labute approximate surface area is 196 Å². The van der Waals surface area contributed by atoms with Crippen LogP contribution in [0.1, 0.15) is 12.8 Å². The summed E-state index contributed by atoms with van der Waals surface area (Å²) in [5, 5.41) is 4.80. The standard InChI is InChI=1S/C23H24N4O4S2/c1-31-18-9-11-19(12-10-18)33(29,30)17-4-8-22(28)27(16-15-26-14-5-13-24-26)23-25-20-6-2-3-7-21(20)32-23/h2-3,5-7,9-14H,4,8,15-17H2,1H3. The number of hydrogen-bond acceptors (Lipinski definition) is 7. The summed E-state index contributed by atoms with van der Waals surface area (Å²) < 4.78 is 33.2. The van der Waals surface area contributed by atoms with Crippen LogP contribution in [0.25, 0.3) is 10.2 Å². The highest BCUT2D eigenvalue weighted by Gasteiger charge is 2.21. The van der Waals surface area contributed by atoms with Gasteiger partial charge < -0.3 is 4.74 Å². The molecule has 0 aliphatic carbocycles. The molecule has 172 valence electrons. The number of ether oxygens (including phenoxy) is 1. The van der Waals surface area contributed by atoms with E-state index in [-0.39, 0.29) is 29.4 Å². The van der Waals surface area contributed by atoms with Crippen molar-refractivity contribution >= 4 is 42.4 Å². The molecular weight excluding hydrogens is 460 g/mol. The van der Waals surface area contributed by atoms with E-state index >= 15 is 0 Å². The van der Waals surface area contributed by atoms with Crippen molar-refractivity contribution in [3.63, 3.8) is 0 Å². The first kappa shape index (κ1) is 22.9. The molecule has 4 aromatic rings. The second kappa shape index (κ2) is 10.1. The Morgan fingerprint density at radius 2 is 1.91 bits per heavy atom. The van der Waals surface area contributed by atoms with Gasteiger partial charge in [-0.1, -0.05) is 23.5 Å². The van der Waals surface area contributed by atoms with E-state index in [0.29, 0.717) is 24.0 Å². The summed E-state index contributed by atoms with van der Waals surface area (Å²) in [4.78, 5) is 19.6. The Morgan fingerprint density at radius 1 is 1.12 bits per heavy atom. The molecule has 1 amide bonds. The van der Waals surface area contributed by atoms with Gasteiger partial charge in [0.25, 0.3) is 0 Å². The maximum Gasteiger partial charge on any atom is 0.228 e. The van der Waals surface area contributed by atoms with Crippen LogP contribution in [0.2, 0.25) is 0 Å². The number of thiazole rings is 1. The molecule has 0 bridgehead atoms. The fourth-order valence-electron chi connectivity index (χ4n) is 3.39. The fraction of sp³-hybridized carbons (Fsp3) is 0.261. The Morgan fingerprint density at radius 3 is 2.61 bits per heavy atom. The first-order valence-electron chi connectivity index (χ1n) is 10.5. The minimum atomic E-state index is -3.49. The van der Waals surface area contributed by atoms with Crippen molar-refractivity contribution in [1.29, 1.82) is 0 Å². The SMILES string of the molecule is COc1ccc(S(=O)(=O)CCCC(=O)N(CCn2cccn2)c2nc3ccccc3s2)cc1. The molecule has 2 aromatic heterocycles. The van der Waals surface area contributed by atoms with Gasteiger partial charge >= 0.3 is 0 Å². The molecule has 0 aliphatic rings. The van der Waals surface area contributed by atoms with E-state index < -0.39 is 9.84 Å². The lowest BCUT2D eigenvalue weighted by Crippen LogP contribution is -2.34. The summed E-state index contributed by atoms with van der Waals surface area (Å²) in [7, 11) is -1.97. The number of sulfone groups is 1. The zero-order valence-electron chi connectivity index (χ0n) is 18.1. The average molecular weight is 485 g/mol. The van der Waals surface area contributed by atoms with Gasteiger partial charge in [0.15, 0.2) is 15.0 Å². The number of aromatic nitrogens is 3. The number of methoxy groups -OCH3 is 1. The van der Waals surface area contributed by atoms with E-state index in [0.717, 1.165) is 10.2 Å². The summed E-state index contributed by atoms with van der Waals surface area (Å²) in [5.41, 5.74) is 0.830. The van der Waals surface area contributed by atoms with Crippen molar-refractivity contribution in [2.45, 2.75) is 24.3 Å². The van der Waals surface area contributed by atoms with Gasteiger partial charge in [-0.15, -0.1) is 0 Å². The first-order chi connectivity index (χ1) is 16.0. The summed E-state index contributed by atoms with van der Waals surface area (Å²) in [6.45, 7) is 0.907. The van der Waals surface area contributed by atoms with Crippen molar-refractivity contribution < 1.29 is 17.9 Å². The average Bonchev–Trinajstić information content (AvgIpc) is 3.49. The highest BCUT2D eigenvalue weighted by atomic mass is 32.2. The number of fused-ring (bicyclic) bond motifs is 1. The molecular formula is C23H24N4O4S2. The zero-order valence-corrected chi connectivity index (χ0v) is 19.8. The Bertz CT molecular complexity index is 1280. The smallest absolute Gasteiger partial charge is 0.228 e. The number of rotatable bonds is 10. The van der Waals surface area contributed by atoms with Crippen molar-refractivity contribution in [2.75, 3.05) is 24.3 Å². The van der Waals surface area contributed by atoms with Gasteiger partial charge in [-0.3, -0.25) is 14.4 Å². The summed E-state index contributed by atoms with van der Waals surface area (Å²) in [6.07, 6.45) is 3.84. The highest BCUT2D eigenvalue weighted by Crippen LogP contribution is 2.29. The Hall–Kier alpha value is -3.24. The summed E-state index contributed by atoms with van der Waals surface area (Å²) in [6, 6.07) is 15.8. The number of hydrogen-bond donors (Lipinski definition) is 0. The summed E-state index contributed by atoms with van der Waals surface area (Å²) >= 11 is 1.44. The molecule has 0 saturated heterocycles. The molecule has 0 N–H and O–H groups in total. The second-order valence-electron chi connectivity index (χ2n) is 7.38. The fourth-order valence-corrected chi connectivity index (χ4v) is 5.71. The topological polar surface area (TPSA) is 94.4 Å². The quantitative estimate of drug-likeness (QED) is 0.340. The molecule has 10 heteroatoms. The molecule has 0 aliphatic heterocycles. The lowest BCUT2D eigenvalue weighted by molar-refractivity contribution is -0.118. The van der Waals surface area contributed by atoms with Gasteiger partial charge in [-0.25, -0.2) is 13.4 Å². The predicted octanol–water partition coefficient (Wildman–Crippen LogP) is 3.79. The molecule has 0 atom stereocenters. The molecule has 0 saturated carbocycles. The van der Waals surface area contributed by atoms with E-state index in [1.165, 1.54) is 30.6 Å². The molecule has 2 aromatic carbocycles. The Balaban J connectivity index is 1.45. The van der Waals surface area contributed by atoms with Crippen LogP contribution in [0, 0.1) is 0 Å². The third-order valence-electron chi connectivity index (χ3n) is 5.15. The molecule has 0 fully saturated rings. The number of anilines is 1. The lowest BCUT2D eigenvalue weighted by atomic mass is 10.3. The third-order valence-corrected chi connectivity index (χ3v) is 8.02. The van der Waals surface area contributed by atoms with E-state index in [1.54, 1.807) is 27.9 Å². The molecule has 0 unspecified atom stereocenters. The second-order valence-corrected chi connectivity index (χ2v) is 10.5. The minimum Gasteiger partial charge on any atom is -0.497 e. The number of carbonyl (C=O) groups is 1. The van der Waals surface area contributed by atoms with Gasteiger partial charge in [-0.2, -0.15) is 5.10 Å². The van der Waals surface area contributed by atoms with Crippen LogP contribution in [0.3, 0.4) is 0 Å². The van der Waals surface area contributed by atoms with Crippen LogP contribution in [0.4, 0.5) is 5.13 Å². The molecule has 0 radical (unpaired) electrons. The van der Waals surface area contributed by atoms with E-state index in [9.17, 15) is 13.2 Å². The number of amides is 1. The minimum absolute atomic E-state index is 0.102. The van der Waals surface area contributed by atoms with Gasteiger partial charge in [0, 0.05) is 25.4 Å². The number of nitrogens with zero attached hydrogens (tertiary/aromatic N) is 4. The zero-order chi connectivity index (χ0) is 23.3. The predicted molar refractivity (Wildman–Crippen MR) is 128 cm³/mol. The number of carbonyl (C=O) groups excluding carboxylic acids is 1. The molecule has 2 heterocycles. The lowest BCUT2D eigenvalue weighted by Gasteiger charge is -2.20. The van der Waals surface area contributed by atoms with Crippen molar-refractivity contribution in [3.8, 4) is 5.75 Å². The van der Waals surface area contributed by atoms with Gasteiger partial charge in [0.2, 0.25) is 5.91 Å². The maximum absolute atomic E-state index is 13.1. The van der Waals surface area contributed by atoms with E-state index in [1.807, 2.05) is 36.5 Å². The number of para-hydroxylation sites is 1. The van der Waals surface area contributed by atoms with Crippen molar-refractivity contribution in [2.24, 2.45) is 0 Å². The van der Waals surface area contributed by atoms with Crippen LogP contribution in [0.15, 0.2) is 71.9 Å². The highest BCUT2D eigenvalue weighted by molar-refractivity contribution is 7.91. The molecule has 8 nitrogen and oxygen atoms in total. The normalized spacial score (nSPS) is 11.5. The summed E-state index contributed by atoms with van der Waals surface area (Å²) in [5.74, 6) is 0.316.